The summed E-state index contributed by atoms with van der Waals surface area (Å²) in [5.74, 6) is -0.172. The van der Waals surface area contributed by atoms with E-state index in [1.165, 1.54) is 6.33 Å². The van der Waals surface area contributed by atoms with Crippen LogP contribution in [0.4, 0.5) is 0 Å². The molecule has 4 aromatic rings. The first-order valence-electron chi connectivity index (χ1n) is 9.12. The average Bonchev–Trinajstić information content (AvgIpc) is 3.03. The van der Waals surface area contributed by atoms with Crippen LogP contribution in [-0.4, -0.2) is 25.8 Å². The number of amides is 1. The van der Waals surface area contributed by atoms with Gasteiger partial charge in [0.1, 0.15) is 6.33 Å². The maximum Gasteiger partial charge on any atom is 0.254 e. The molecule has 0 aliphatic heterocycles. The third-order valence-corrected chi connectivity index (χ3v) is 4.98. The molecule has 0 saturated heterocycles. The minimum absolute atomic E-state index is 0. The van der Waals surface area contributed by atoms with Crippen LogP contribution in [0.5, 0.6) is 0 Å². The molecule has 4 rings (SSSR count). The van der Waals surface area contributed by atoms with Crippen LogP contribution in [-0.2, 0) is 6.54 Å². The molecule has 144 valence electrons. The van der Waals surface area contributed by atoms with E-state index >= 15 is 0 Å². The summed E-state index contributed by atoms with van der Waals surface area (Å²) in [5.41, 5.74) is 7.52. The number of H-pyrrole nitrogens is 1. The Morgan fingerprint density at radius 3 is 2.82 bits per heavy atom. The molecule has 6 heteroatoms. The molecule has 0 aliphatic rings. The number of nitrogens with one attached hydrogen (secondary N) is 2. The SMILES string of the molecule is Cc1cccnc1-c1[nH]c2ccc(CNC(=O)c3cncnc3C)cc2c1C.[HH].[HH]. The number of benzene rings is 1. The molecule has 0 spiro atoms. The minimum Gasteiger partial charge on any atom is -0.353 e. The van der Waals surface area contributed by atoms with Crippen LogP contribution >= 0.6 is 0 Å². The largest absolute Gasteiger partial charge is 0.353 e. The molecular weight excluding hydrogens is 350 g/mol. The zero-order valence-electron chi connectivity index (χ0n) is 16.1. The standard InChI is InChI=1S/C22H21N5O.2H2/c1-13-5-4-8-24-20(13)21-14(2)17-9-16(6-7-19(17)27-21)10-25-22(28)18-11-23-12-26-15(18)3;;/h4-9,11-12,27H,10H2,1-3H3,(H,25,28);2*1H. The number of hydrogen-bond donors (Lipinski definition) is 2. The van der Waals surface area contributed by atoms with Crippen molar-refractivity contribution in [3.05, 3.63) is 77.0 Å². The van der Waals surface area contributed by atoms with Gasteiger partial charge in [-0.05, 0) is 55.7 Å². The lowest BCUT2D eigenvalue weighted by Gasteiger charge is -2.07. The molecule has 6 nitrogen and oxygen atoms in total. The molecule has 3 aromatic heterocycles. The maximum absolute atomic E-state index is 12.4. The van der Waals surface area contributed by atoms with E-state index < -0.39 is 0 Å². The average molecular weight is 375 g/mol. The summed E-state index contributed by atoms with van der Waals surface area (Å²) in [6, 6.07) is 10.2. The van der Waals surface area contributed by atoms with E-state index in [-0.39, 0.29) is 8.76 Å². The zero-order valence-corrected chi connectivity index (χ0v) is 16.1. The number of fused-ring (bicyclic) bond motifs is 1. The summed E-state index contributed by atoms with van der Waals surface area (Å²) in [5, 5.41) is 4.08. The Bertz CT molecular complexity index is 1190. The number of carbonyl (C=O) groups is 1. The van der Waals surface area contributed by atoms with Gasteiger partial charge in [0, 0.05) is 32.7 Å². The van der Waals surface area contributed by atoms with E-state index in [1.807, 2.05) is 24.4 Å². The molecule has 0 aliphatic carbocycles. The fourth-order valence-electron chi connectivity index (χ4n) is 3.36. The first kappa shape index (κ1) is 17.9. The van der Waals surface area contributed by atoms with Crippen LogP contribution in [0.3, 0.4) is 0 Å². The first-order valence-corrected chi connectivity index (χ1v) is 9.12. The van der Waals surface area contributed by atoms with Crippen molar-refractivity contribution in [1.82, 2.24) is 25.3 Å². The molecule has 0 unspecified atom stereocenters. The summed E-state index contributed by atoms with van der Waals surface area (Å²) in [6.45, 7) is 6.39. The summed E-state index contributed by atoms with van der Waals surface area (Å²) >= 11 is 0. The topological polar surface area (TPSA) is 83.6 Å². The summed E-state index contributed by atoms with van der Waals surface area (Å²) in [7, 11) is 0. The van der Waals surface area contributed by atoms with Gasteiger partial charge >= 0.3 is 0 Å². The molecule has 0 atom stereocenters. The predicted molar refractivity (Wildman–Crippen MR) is 113 cm³/mol. The van der Waals surface area contributed by atoms with Gasteiger partial charge in [0.25, 0.3) is 5.91 Å². The van der Waals surface area contributed by atoms with Gasteiger partial charge in [0.2, 0.25) is 0 Å². The van der Waals surface area contributed by atoms with Crippen LogP contribution < -0.4 is 5.32 Å². The van der Waals surface area contributed by atoms with Crippen LogP contribution in [0, 0.1) is 20.8 Å². The van der Waals surface area contributed by atoms with Crippen molar-refractivity contribution in [3.8, 4) is 11.4 Å². The van der Waals surface area contributed by atoms with E-state index in [2.05, 4.69) is 51.2 Å². The maximum atomic E-state index is 12.4. The van der Waals surface area contributed by atoms with Crippen molar-refractivity contribution < 1.29 is 7.65 Å². The van der Waals surface area contributed by atoms with Crippen molar-refractivity contribution >= 4 is 16.8 Å². The Labute approximate surface area is 166 Å². The predicted octanol–water partition coefficient (Wildman–Crippen LogP) is 4.37. The number of pyridine rings is 1. The Hall–Kier alpha value is -3.54. The van der Waals surface area contributed by atoms with Crippen LogP contribution in [0.1, 0.15) is 35.6 Å². The van der Waals surface area contributed by atoms with Gasteiger partial charge in [-0.1, -0.05) is 12.1 Å². The molecule has 1 amide bonds. The molecule has 0 fully saturated rings. The van der Waals surface area contributed by atoms with Gasteiger partial charge in [0.15, 0.2) is 0 Å². The third-order valence-electron chi connectivity index (χ3n) is 4.98. The first-order chi connectivity index (χ1) is 13.5. The third kappa shape index (κ3) is 3.24. The van der Waals surface area contributed by atoms with Crippen molar-refractivity contribution in [3.63, 3.8) is 0 Å². The van der Waals surface area contributed by atoms with Crippen molar-refractivity contribution in [2.24, 2.45) is 0 Å². The Kier molecular flexibility index (Phi) is 4.61. The number of hydrogen-bond acceptors (Lipinski definition) is 4. The molecule has 0 bridgehead atoms. The van der Waals surface area contributed by atoms with E-state index in [4.69, 9.17) is 0 Å². The van der Waals surface area contributed by atoms with Crippen LogP contribution in [0.2, 0.25) is 0 Å². The summed E-state index contributed by atoms with van der Waals surface area (Å²) in [4.78, 5) is 28.4. The van der Waals surface area contributed by atoms with Gasteiger partial charge in [0.05, 0.1) is 22.6 Å². The van der Waals surface area contributed by atoms with E-state index in [9.17, 15) is 4.79 Å². The monoisotopic (exact) mass is 375 g/mol. The fraction of sp³-hybridized carbons (Fsp3) is 0.182. The summed E-state index contributed by atoms with van der Waals surface area (Å²) < 4.78 is 0. The van der Waals surface area contributed by atoms with Crippen LogP contribution in [0.15, 0.2) is 49.1 Å². The lowest BCUT2D eigenvalue weighted by Crippen LogP contribution is -2.24. The van der Waals surface area contributed by atoms with Crippen molar-refractivity contribution in [2.75, 3.05) is 0 Å². The minimum atomic E-state index is -0.172. The highest BCUT2D eigenvalue weighted by Gasteiger charge is 2.14. The molecule has 2 N–H and O–H groups in total. The number of aryl methyl sites for hydroxylation is 3. The Morgan fingerprint density at radius 1 is 1.18 bits per heavy atom. The second-order valence-electron chi connectivity index (χ2n) is 6.88. The van der Waals surface area contributed by atoms with Gasteiger partial charge in [-0.25, -0.2) is 9.97 Å². The Balaban J connectivity index is 0.00000160. The second-order valence-corrected chi connectivity index (χ2v) is 6.88. The van der Waals surface area contributed by atoms with E-state index in [0.29, 0.717) is 17.8 Å². The zero-order chi connectivity index (χ0) is 19.7. The van der Waals surface area contributed by atoms with Gasteiger partial charge in [-0.15, -0.1) is 0 Å². The normalized spacial score (nSPS) is 11.0. The number of aromatic nitrogens is 4. The highest BCUT2D eigenvalue weighted by molar-refractivity contribution is 5.95. The number of nitrogens with zero attached hydrogens (tertiary/aromatic N) is 3. The van der Waals surface area contributed by atoms with Gasteiger partial charge < -0.3 is 10.3 Å². The highest BCUT2D eigenvalue weighted by atomic mass is 16.1. The number of rotatable bonds is 4. The van der Waals surface area contributed by atoms with E-state index in [1.54, 1.807) is 13.1 Å². The smallest absolute Gasteiger partial charge is 0.254 e. The highest BCUT2D eigenvalue weighted by Crippen LogP contribution is 2.30. The number of aromatic amines is 1. The van der Waals surface area contributed by atoms with Crippen molar-refractivity contribution in [2.45, 2.75) is 27.3 Å². The molecule has 0 radical (unpaired) electrons. The van der Waals surface area contributed by atoms with Gasteiger partial charge in [-0.2, -0.15) is 0 Å². The molecule has 1 aromatic carbocycles. The number of carbonyl (C=O) groups excluding carboxylic acids is 1. The second kappa shape index (κ2) is 7.23. The quantitative estimate of drug-likeness (QED) is 0.555. The Morgan fingerprint density at radius 2 is 2.04 bits per heavy atom. The summed E-state index contributed by atoms with van der Waals surface area (Å²) in [6.07, 6.45) is 4.79. The lowest BCUT2D eigenvalue weighted by atomic mass is 10.1. The fourth-order valence-corrected chi connectivity index (χ4v) is 3.36. The molecule has 0 saturated carbocycles. The van der Waals surface area contributed by atoms with Crippen molar-refractivity contribution in [1.29, 1.82) is 0 Å². The molecule has 3 heterocycles. The lowest BCUT2D eigenvalue weighted by molar-refractivity contribution is 0.0949. The van der Waals surface area contributed by atoms with E-state index in [0.717, 1.165) is 39.0 Å². The molecular formula is C22H25N5O. The molecule has 28 heavy (non-hydrogen) atoms. The van der Waals surface area contributed by atoms with Crippen LogP contribution in [0.25, 0.3) is 22.3 Å². The van der Waals surface area contributed by atoms with Gasteiger partial charge in [-0.3, -0.25) is 9.78 Å².